The highest BCUT2D eigenvalue weighted by Crippen LogP contribution is 2.70. The Morgan fingerprint density at radius 1 is 1.43 bits per heavy atom. The molecule has 1 saturated carbocycles. The summed E-state index contributed by atoms with van der Waals surface area (Å²) < 4.78 is -0.498. The molecule has 0 spiro atoms. The van der Waals surface area contributed by atoms with Gasteiger partial charge in [-0.2, -0.15) is 0 Å². The molecule has 1 aliphatic carbocycles. The van der Waals surface area contributed by atoms with E-state index in [2.05, 4.69) is 42.8 Å². The Morgan fingerprint density at radius 3 is 2.29 bits per heavy atom. The molecular weight excluding hydrogens is 283 g/mol. The molecule has 0 amide bonds. The Labute approximate surface area is 105 Å². The maximum atomic E-state index is 6.20. The molecular formula is C11H17BrCl2. The summed E-state index contributed by atoms with van der Waals surface area (Å²) >= 11 is 15.8. The number of hydrogen-bond acceptors (Lipinski definition) is 0. The second kappa shape index (κ2) is 4.35. The van der Waals surface area contributed by atoms with Crippen LogP contribution >= 0.6 is 39.1 Å². The normalized spacial score (nSPS) is 29.0. The molecule has 3 heteroatoms. The van der Waals surface area contributed by atoms with E-state index in [0.717, 1.165) is 18.2 Å². The minimum absolute atomic E-state index is 0.0881. The lowest BCUT2D eigenvalue weighted by atomic mass is 10.0. The zero-order chi connectivity index (χ0) is 11.0. The van der Waals surface area contributed by atoms with Gasteiger partial charge in [0.2, 0.25) is 0 Å². The molecule has 1 rings (SSSR count). The van der Waals surface area contributed by atoms with Gasteiger partial charge < -0.3 is 0 Å². The van der Waals surface area contributed by atoms with Crippen molar-refractivity contribution >= 4 is 39.1 Å². The van der Waals surface area contributed by atoms with E-state index in [1.807, 2.05) is 0 Å². The molecule has 0 N–H and O–H groups in total. The van der Waals surface area contributed by atoms with Crippen LogP contribution in [-0.4, -0.2) is 9.66 Å². The first-order valence-corrected chi connectivity index (χ1v) is 6.81. The predicted molar refractivity (Wildman–Crippen MR) is 68.5 cm³/mol. The fourth-order valence-electron chi connectivity index (χ4n) is 1.91. The topological polar surface area (TPSA) is 0 Å². The molecule has 0 aromatic heterocycles. The molecule has 1 fully saturated rings. The molecule has 1 unspecified atom stereocenters. The standard InChI is InChI=1S/C11H17BrCl2/c1-8(6-7-12)4-5-9-10(2,3)11(9,13)14/h6,9H,4-5,7H2,1-3H3/b8-6+. The monoisotopic (exact) mass is 298 g/mol. The lowest BCUT2D eigenvalue weighted by Gasteiger charge is -2.01. The molecule has 1 aliphatic rings. The molecule has 0 aliphatic heterocycles. The first kappa shape index (κ1) is 12.9. The first-order valence-electron chi connectivity index (χ1n) is 4.93. The fourth-order valence-corrected chi connectivity index (χ4v) is 3.38. The zero-order valence-corrected chi connectivity index (χ0v) is 12.0. The molecule has 0 saturated heterocycles. The van der Waals surface area contributed by atoms with Crippen LogP contribution in [-0.2, 0) is 0 Å². The summed E-state index contributed by atoms with van der Waals surface area (Å²) in [6, 6.07) is 0. The average Bonchev–Trinajstić information content (AvgIpc) is 2.41. The third-order valence-corrected chi connectivity index (χ3v) is 5.16. The third kappa shape index (κ3) is 2.31. The Morgan fingerprint density at radius 2 is 1.93 bits per heavy atom. The molecule has 82 valence electrons. The van der Waals surface area contributed by atoms with E-state index in [9.17, 15) is 0 Å². The summed E-state index contributed by atoms with van der Waals surface area (Å²) in [6.45, 7) is 6.43. The van der Waals surface area contributed by atoms with E-state index < -0.39 is 4.33 Å². The number of rotatable bonds is 4. The van der Waals surface area contributed by atoms with Gasteiger partial charge in [-0.05, 0) is 19.8 Å². The lowest BCUT2D eigenvalue weighted by molar-refractivity contribution is 0.531. The largest absolute Gasteiger partial charge is 0.127 e. The maximum Gasteiger partial charge on any atom is 0.127 e. The van der Waals surface area contributed by atoms with Crippen LogP contribution in [0.1, 0.15) is 33.6 Å². The van der Waals surface area contributed by atoms with Crippen LogP contribution in [0.3, 0.4) is 0 Å². The molecule has 0 aromatic rings. The zero-order valence-electron chi connectivity index (χ0n) is 8.91. The van der Waals surface area contributed by atoms with Crippen molar-refractivity contribution in [2.75, 3.05) is 5.33 Å². The van der Waals surface area contributed by atoms with Crippen molar-refractivity contribution in [2.45, 2.75) is 37.9 Å². The van der Waals surface area contributed by atoms with Crippen LogP contribution in [0.15, 0.2) is 11.6 Å². The second-order valence-electron chi connectivity index (χ2n) is 4.64. The number of hydrogen-bond donors (Lipinski definition) is 0. The highest BCUT2D eigenvalue weighted by Gasteiger charge is 2.69. The molecule has 0 bridgehead atoms. The van der Waals surface area contributed by atoms with Gasteiger partial charge in [-0.3, -0.25) is 0 Å². The van der Waals surface area contributed by atoms with Crippen LogP contribution in [0.4, 0.5) is 0 Å². The summed E-state index contributed by atoms with van der Waals surface area (Å²) in [6.07, 6.45) is 4.38. The van der Waals surface area contributed by atoms with Gasteiger partial charge in [-0.15, -0.1) is 23.2 Å². The van der Waals surface area contributed by atoms with Crippen molar-refractivity contribution in [3.8, 4) is 0 Å². The smallest absolute Gasteiger partial charge is 0.101 e. The van der Waals surface area contributed by atoms with Crippen molar-refractivity contribution in [2.24, 2.45) is 11.3 Å². The van der Waals surface area contributed by atoms with E-state index in [0.29, 0.717) is 5.92 Å². The van der Waals surface area contributed by atoms with Gasteiger partial charge in [-0.25, -0.2) is 0 Å². The fraction of sp³-hybridized carbons (Fsp3) is 0.818. The maximum absolute atomic E-state index is 6.20. The predicted octanol–water partition coefficient (Wildman–Crippen LogP) is 4.94. The van der Waals surface area contributed by atoms with Crippen molar-refractivity contribution in [3.05, 3.63) is 11.6 Å². The van der Waals surface area contributed by atoms with Gasteiger partial charge in [0.05, 0.1) is 0 Å². The van der Waals surface area contributed by atoms with Gasteiger partial charge in [0, 0.05) is 16.7 Å². The van der Waals surface area contributed by atoms with Gasteiger partial charge in [-0.1, -0.05) is 41.4 Å². The summed E-state index contributed by atoms with van der Waals surface area (Å²) in [5.41, 5.74) is 1.50. The molecule has 0 radical (unpaired) electrons. The lowest BCUT2D eigenvalue weighted by Crippen LogP contribution is -1.96. The second-order valence-corrected chi connectivity index (χ2v) is 6.67. The molecule has 14 heavy (non-hydrogen) atoms. The Balaban J connectivity index is 2.39. The number of alkyl halides is 3. The van der Waals surface area contributed by atoms with Crippen LogP contribution in [0.25, 0.3) is 0 Å². The van der Waals surface area contributed by atoms with E-state index >= 15 is 0 Å². The van der Waals surface area contributed by atoms with Crippen LogP contribution in [0.2, 0.25) is 0 Å². The summed E-state index contributed by atoms with van der Waals surface area (Å²) in [5.74, 6) is 0.442. The molecule has 0 aromatic carbocycles. The molecule has 1 atom stereocenters. The van der Waals surface area contributed by atoms with Crippen LogP contribution < -0.4 is 0 Å². The number of halogens is 3. The minimum Gasteiger partial charge on any atom is -0.101 e. The Kier molecular flexibility index (Phi) is 4.00. The highest BCUT2D eigenvalue weighted by molar-refractivity contribution is 9.09. The van der Waals surface area contributed by atoms with Gasteiger partial charge in [0.1, 0.15) is 4.33 Å². The summed E-state index contributed by atoms with van der Waals surface area (Å²) in [4.78, 5) is 0. The SMILES string of the molecule is C/C(=C\CBr)CCC1C(C)(C)C1(Cl)Cl. The summed E-state index contributed by atoms with van der Waals surface area (Å²) in [5, 5.41) is 0.930. The molecule has 0 heterocycles. The van der Waals surface area contributed by atoms with Crippen LogP contribution in [0, 0.1) is 11.3 Å². The quantitative estimate of drug-likeness (QED) is 0.509. The van der Waals surface area contributed by atoms with Crippen molar-refractivity contribution in [1.82, 2.24) is 0 Å². The van der Waals surface area contributed by atoms with Gasteiger partial charge >= 0.3 is 0 Å². The Hall–Kier alpha value is 0.800. The third-order valence-electron chi connectivity index (χ3n) is 3.34. The van der Waals surface area contributed by atoms with Crippen molar-refractivity contribution in [1.29, 1.82) is 0 Å². The first-order chi connectivity index (χ1) is 6.34. The van der Waals surface area contributed by atoms with Crippen molar-refractivity contribution < 1.29 is 0 Å². The summed E-state index contributed by atoms with van der Waals surface area (Å²) in [7, 11) is 0. The highest BCUT2D eigenvalue weighted by atomic mass is 79.9. The van der Waals surface area contributed by atoms with E-state index in [4.69, 9.17) is 23.2 Å². The Bertz CT molecular complexity index is 230. The average molecular weight is 300 g/mol. The molecule has 0 nitrogen and oxygen atoms in total. The number of allylic oxidation sites excluding steroid dienone is 2. The van der Waals surface area contributed by atoms with E-state index in [1.54, 1.807) is 0 Å². The van der Waals surface area contributed by atoms with E-state index in [1.165, 1.54) is 5.57 Å². The van der Waals surface area contributed by atoms with Crippen LogP contribution in [0.5, 0.6) is 0 Å². The minimum atomic E-state index is -0.498. The van der Waals surface area contributed by atoms with Gasteiger partial charge in [0.15, 0.2) is 0 Å². The van der Waals surface area contributed by atoms with Gasteiger partial charge in [0.25, 0.3) is 0 Å². The van der Waals surface area contributed by atoms with E-state index in [-0.39, 0.29) is 5.41 Å². The van der Waals surface area contributed by atoms with Crippen molar-refractivity contribution in [3.63, 3.8) is 0 Å².